The Morgan fingerprint density at radius 3 is 2.62 bits per heavy atom. The number of rotatable bonds is 9. The Kier molecular flexibility index (Phi) is 7.55. The fourth-order valence-corrected chi connectivity index (χ4v) is 2.35. The van der Waals surface area contributed by atoms with Gasteiger partial charge in [0.15, 0.2) is 11.5 Å². The smallest absolute Gasteiger partial charge is 0.305 e. The number of esters is 1. The van der Waals surface area contributed by atoms with Crippen molar-refractivity contribution < 1.29 is 23.7 Å². The molecule has 2 rings (SSSR count). The largest absolute Gasteiger partial charge is 0.493 e. The molecule has 0 aliphatic heterocycles. The third kappa shape index (κ3) is 5.84. The van der Waals surface area contributed by atoms with Crippen LogP contribution < -0.4 is 14.2 Å². The molecule has 0 fully saturated rings. The molecule has 0 bridgehead atoms. The molecule has 138 valence electrons. The molecule has 26 heavy (non-hydrogen) atoms. The molecule has 0 radical (unpaired) electrons. The van der Waals surface area contributed by atoms with Crippen LogP contribution in [-0.4, -0.2) is 20.2 Å². The first-order chi connectivity index (χ1) is 12.7. The molecule has 0 spiro atoms. The molecule has 0 aliphatic rings. The van der Waals surface area contributed by atoms with E-state index in [0.717, 1.165) is 16.9 Å². The molecule has 0 unspecified atom stereocenters. The van der Waals surface area contributed by atoms with Gasteiger partial charge in [0.05, 0.1) is 20.5 Å². The van der Waals surface area contributed by atoms with Crippen LogP contribution in [0.15, 0.2) is 54.8 Å². The van der Waals surface area contributed by atoms with Gasteiger partial charge < -0.3 is 18.9 Å². The van der Waals surface area contributed by atoms with Crippen molar-refractivity contribution in [3.05, 3.63) is 65.9 Å². The second-order valence-corrected chi connectivity index (χ2v) is 5.58. The van der Waals surface area contributed by atoms with Crippen molar-refractivity contribution in [2.75, 3.05) is 14.2 Å². The summed E-state index contributed by atoms with van der Waals surface area (Å²) in [4.78, 5) is 11.3. The Morgan fingerprint density at radius 2 is 1.88 bits per heavy atom. The third-order valence-corrected chi connectivity index (χ3v) is 3.71. The zero-order chi connectivity index (χ0) is 18.8. The van der Waals surface area contributed by atoms with E-state index in [2.05, 4.69) is 4.74 Å². The number of ether oxygens (including phenoxy) is 4. The molecule has 2 aromatic rings. The third-order valence-electron chi connectivity index (χ3n) is 3.71. The lowest BCUT2D eigenvalue weighted by Crippen LogP contribution is -2.02. The van der Waals surface area contributed by atoms with Gasteiger partial charge >= 0.3 is 5.97 Å². The predicted octanol–water partition coefficient (Wildman–Crippen LogP) is 4.29. The first kappa shape index (κ1) is 19.4. The molecule has 5 nitrogen and oxygen atoms in total. The SMILES string of the molecule is C/C=C/Oc1cccc(COc2ccc(CCC(=O)OC)cc2OC)c1. The van der Waals surface area contributed by atoms with E-state index < -0.39 is 0 Å². The van der Waals surface area contributed by atoms with Crippen LogP contribution in [0.3, 0.4) is 0 Å². The van der Waals surface area contributed by atoms with Gasteiger partial charge in [-0.25, -0.2) is 0 Å². The van der Waals surface area contributed by atoms with Crippen molar-refractivity contribution in [1.82, 2.24) is 0 Å². The Balaban J connectivity index is 2.01. The van der Waals surface area contributed by atoms with Crippen LogP contribution in [-0.2, 0) is 22.6 Å². The summed E-state index contributed by atoms with van der Waals surface area (Å²) in [6, 6.07) is 13.4. The number of hydrogen-bond acceptors (Lipinski definition) is 5. The first-order valence-electron chi connectivity index (χ1n) is 8.39. The van der Waals surface area contributed by atoms with E-state index in [-0.39, 0.29) is 5.97 Å². The maximum atomic E-state index is 11.3. The van der Waals surface area contributed by atoms with Crippen molar-refractivity contribution in [3.8, 4) is 17.2 Å². The molecule has 0 aliphatic carbocycles. The Morgan fingerprint density at radius 1 is 1.04 bits per heavy atom. The lowest BCUT2D eigenvalue weighted by atomic mass is 10.1. The summed E-state index contributed by atoms with van der Waals surface area (Å²) in [7, 11) is 2.98. The lowest BCUT2D eigenvalue weighted by molar-refractivity contribution is -0.140. The second kappa shape index (κ2) is 10.1. The highest BCUT2D eigenvalue weighted by molar-refractivity contribution is 5.69. The van der Waals surface area contributed by atoms with Crippen molar-refractivity contribution in [2.24, 2.45) is 0 Å². The monoisotopic (exact) mass is 356 g/mol. The standard InChI is InChI=1S/C21H24O5/c1-4-12-25-18-7-5-6-17(13-18)15-26-19-10-8-16(14-20(19)23-2)9-11-21(22)24-3/h4-8,10,12-14H,9,11,15H2,1-3H3/b12-4+. The molecule has 0 amide bonds. The van der Waals surface area contributed by atoms with Gasteiger partial charge in [-0.15, -0.1) is 0 Å². The number of aryl methyl sites for hydroxylation is 1. The minimum Gasteiger partial charge on any atom is -0.493 e. The number of carbonyl (C=O) groups is 1. The maximum absolute atomic E-state index is 11.3. The number of benzene rings is 2. The normalized spacial score (nSPS) is 10.6. The van der Waals surface area contributed by atoms with E-state index in [9.17, 15) is 4.79 Å². The van der Waals surface area contributed by atoms with E-state index in [4.69, 9.17) is 14.2 Å². The highest BCUT2D eigenvalue weighted by Gasteiger charge is 2.08. The molecular formula is C21H24O5. The fraction of sp³-hybridized carbons (Fsp3) is 0.286. The Bertz CT molecular complexity index is 752. The van der Waals surface area contributed by atoms with Crippen molar-refractivity contribution in [2.45, 2.75) is 26.4 Å². The summed E-state index contributed by atoms with van der Waals surface area (Å²) in [5.41, 5.74) is 1.98. The summed E-state index contributed by atoms with van der Waals surface area (Å²) in [5.74, 6) is 1.81. The predicted molar refractivity (Wildman–Crippen MR) is 99.5 cm³/mol. The van der Waals surface area contributed by atoms with Crippen molar-refractivity contribution in [1.29, 1.82) is 0 Å². The zero-order valence-electron chi connectivity index (χ0n) is 15.4. The highest BCUT2D eigenvalue weighted by atomic mass is 16.5. The number of allylic oxidation sites excluding steroid dienone is 1. The summed E-state index contributed by atoms with van der Waals surface area (Å²) in [6.07, 6.45) is 4.39. The van der Waals surface area contributed by atoms with Crippen molar-refractivity contribution in [3.63, 3.8) is 0 Å². The van der Waals surface area contributed by atoms with Gasteiger partial charge in [0.1, 0.15) is 12.4 Å². The van der Waals surface area contributed by atoms with Gasteiger partial charge in [-0.05, 0) is 48.7 Å². The average molecular weight is 356 g/mol. The molecule has 2 aromatic carbocycles. The summed E-state index contributed by atoms with van der Waals surface area (Å²) >= 11 is 0. The summed E-state index contributed by atoms with van der Waals surface area (Å²) < 4.78 is 21.4. The minimum atomic E-state index is -0.232. The summed E-state index contributed by atoms with van der Waals surface area (Å²) in [5, 5.41) is 0. The van der Waals surface area contributed by atoms with Crippen LogP contribution in [0.4, 0.5) is 0 Å². The van der Waals surface area contributed by atoms with E-state index >= 15 is 0 Å². The molecule has 0 saturated heterocycles. The molecule has 5 heteroatoms. The molecular weight excluding hydrogens is 332 g/mol. The van der Waals surface area contributed by atoms with Crippen LogP contribution in [0.25, 0.3) is 0 Å². The number of hydrogen-bond donors (Lipinski definition) is 0. The van der Waals surface area contributed by atoms with Gasteiger partial charge in [0.25, 0.3) is 0 Å². The molecule has 0 atom stereocenters. The Labute approximate surface area is 154 Å². The summed E-state index contributed by atoms with van der Waals surface area (Å²) in [6.45, 7) is 2.29. The van der Waals surface area contributed by atoms with Crippen LogP contribution in [0.5, 0.6) is 17.2 Å². The van der Waals surface area contributed by atoms with E-state index in [0.29, 0.717) is 30.9 Å². The average Bonchev–Trinajstić information content (AvgIpc) is 2.69. The maximum Gasteiger partial charge on any atom is 0.305 e. The lowest BCUT2D eigenvalue weighted by Gasteiger charge is -2.12. The number of methoxy groups -OCH3 is 2. The highest BCUT2D eigenvalue weighted by Crippen LogP contribution is 2.29. The minimum absolute atomic E-state index is 0.232. The molecule has 0 N–H and O–H groups in total. The Hall–Kier alpha value is -2.95. The second-order valence-electron chi connectivity index (χ2n) is 5.58. The van der Waals surface area contributed by atoms with Crippen molar-refractivity contribution >= 4 is 5.97 Å². The van der Waals surface area contributed by atoms with Crippen LogP contribution in [0.2, 0.25) is 0 Å². The van der Waals surface area contributed by atoms with Gasteiger partial charge in [-0.1, -0.05) is 24.3 Å². The van der Waals surface area contributed by atoms with E-state index in [1.54, 1.807) is 13.4 Å². The van der Waals surface area contributed by atoms with Gasteiger partial charge in [-0.3, -0.25) is 4.79 Å². The molecule has 0 saturated carbocycles. The van der Waals surface area contributed by atoms with Gasteiger partial charge in [0.2, 0.25) is 0 Å². The van der Waals surface area contributed by atoms with Crippen LogP contribution >= 0.6 is 0 Å². The quantitative estimate of drug-likeness (QED) is 0.495. The topological polar surface area (TPSA) is 54.0 Å². The van der Waals surface area contributed by atoms with E-state index in [1.165, 1.54) is 7.11 Å². The zero-order valence-corrected chi connectivity index (χ0v) is 15.4. The van der Waals surface area contributed by atoms with Crippen LogP contribution in [0, 0.1) is 0 Å². The van der Waals surface area contributed by atoms with Crippen LogP contribution in [0.1, 0.15) is 24.5 Å². The van der Waals surface area contributed by atoms with Gasteiger partial charge in [0, 0.05) is 6.42 Å². The van der Waals surface area contributed by atoms with E-state index in [1.807, 2.05) is 55.5 Å². The fourth-order valence-electron chi connectivity index (χ4n) is 2.35. The first-order valence-corrected chi connectivity index (χ1v) is 8.39. The van der Waals surface area contributed by atoms with Gasteiger partial charge in [-0.2, -0.15) is 0 Å². The molecule has 0 aromatic heterocycles. The number of carbonyl (C=O) groups excluding carboxylic acids is 1. The molecule has 0 heterocycles.